The summed E-state index contributed by atoms with van der Waals surface area (Å²) in [6, 6.07) is 1.66. The van der Waals surface area contributed by atoms with Gasteiger partial charge in [-0.1, -0.05) is 18.0 Å². The molecule has 0 radical (unpaired) electrons. The summed E-state index contributed by atoms with van der Waals surface area (Å²) in [4.78, 5) is 11.1. The molecule has 1 saturated carbocycles. The third-order valence-corrected chi connectivity index (χ3v) is 4.45. The van der Waals surface area contributed by atoms with Gasteiger partial charge < -0.3 is 15.2 Å². The number of fused-ring (bicyclic) bond motifs is 1. The second kappa shape index (κ2) is 4.69. The van der Waals surface area contributed by atoms with Crippen molar-refractivity contribution in [1.29, 1.82) is 0 Å². The van der Waals surface area contributed by atoms with Gasteiger partial charge in [0.05, 0.1) is 5.56 Å². The van der Waals surface area contributed by atoms with E-state index in [9.17, 15) is 4.79 Å². The summed E-state index contributed by atoms with van der Waals surface area (Å²) in [5.74, 6) is 1.13. The first-order valence-electron chi connectivity index (χ1n) is 6.50. The van der Waals surface area contributed by atoms with Gasteiger partial charge in [0.2, 0.25) is 0 Å². The number of benzene rings is 1. The fraction of sp³-hybridized carbons (Fsp3) is 0.500. The van der Waals surface area contributed by atoms with Gasteiger partial charge in [0.1, 0.15) is 13.2 Å². The molecule has 1 aliphatic carbocycles. The average molecular weight is 282 g/mol. The first-order valence-corrected chi connectivity index (χ1v) is 6.87. The average Bonchev–Trinajstić information content (AvgIpc) is 2.40. The van der Waals surface area contributed by atoms with E-state index >= 15 is 0 Å². The van der Waals surface area contributed by atoms with E-state index in [1.54, 1.807) is 6.07 Å². The Labute approximate surface area is 116 Å². The van der Waals surface area contributed by atoms with Crippen LogP contribution in [0.1, 0.15) is 35.2 Å². The van der Waals surface area contributed by atoms with Crippen molar-refractivity contribution in [2.75, 3.05) is 19.8 Å². The summed E-state index contributed by atoms with van der Waals surface area (Å²) >= 11 is 6.37. The minimum Gasteiger partial charge on any atom is -0.486 e. The summed E-state index contributed by atoms with van der Waals surface area (Å²) in [6.07, 6.45) is 3.89. The van der Waals surface area contributed by atoms with E-state index in [1.165, 1.54) is 0 Å². The zero-order valence-corrected chi connectivity index (χ0v) is 11.3. The Balaban J connectivity index is 2.21. The maximum absolute atomic E-state index is 11.1. The van der Waals surface area contributed by atoms with Gasteiger partial charge in [0.15, 0.2) is 17.8 Å². The summed E-state index contributed by atoms with van der Waals surface area (Å²) in [7, 11) is 0. The number of nitrogens with two attached hydrogens (primary N) is 1. The number of carbonyl (C=O) groups excluding carboxylic acids is 1. The molecule has 102 valence electrons. The van der Waals surface area contributed by atoms with Crippen molar-refractivity contribution < 1.29 is 14.3 Å². The molecule has 0 atom stereocenters. The van der Waals surface area contributed by atoms with E-state index in [2.05, 4.69) is 0 Å². The van der Waals surface area contributed by atoms with E-state index in [1.807, 2.05) is 0 Å². The van der Waals surface area contributed by atoms with Crippen LogP contribution < -0.4 is 15.2 Å². The largest absolute Gasteiger partial charge is 0.486 e. The summed E-state index contributed by atoms with van der Waals surface area (Å²) in [5, 5.41) is 0.552. The molecule has 1 aromatic rings. The lowest BCUT2D eigenvalue weighted by Gasteiger charge is -2.43. The molecule has 2 aliphatic rings. The number of rotatable bonds is 3. The number of halogens is 1. The van der Waals surface area contributed by atoms with Crippen molar-refractivity contribution in [3.05, 3.63) is 22.2 Å². The molecule has 1 heterocycles. The highest BCUT2D eigenvalue weighted by atomic mass is 35.5. The van der Waals surface area contributed by atoms with Gasteiger partial charge in [-0.3, -0.25) is 4.79 Å². The maximum Gasteiger partial charge on any atom is 0.172 e. The van der Waals surface area contributed by atoms with Crippen molar-refractivity contribution in [2.45, 2.75) is 24.7 Å². The number of hydrogen-bond acceptors (Lipinski definition) is 4. The molecule has 3 rings (SSSR count). The van der Waals surface area contributed by atoms with Crippen LogP contribution in [0.4, 0.5) is 0 Å². The van der Waals surface area contributed by atoms with E-state index in [0.717, 1.165) is 31.1 Å². The molecular formula is C14H16ClNO3. The third-order valence-electron chi connectivity index (χ3n) is 4.15. The molecule has 0 amide bonds. The minimum atomic E-state index is -0.122. The molecule has 0 bridgehead atoms. The van der Waals surface area contributed by atoms with Crippen molar-refractivity contribution in [3.63, 3.8) is 0 Å². The number of ether oxygens (including phenoxy) is 2. The molecule has 0 unspecified atom stereocenters. The fourth-order valence-corrected chi connectivity index (χ4v) is 3.35. The molecule has 1 aliphatic heterocycles. The van der Waals surface area contributed by atoms with Gasteiger partial charge in [0.25, 0.3) is 0 Å². The van der Waals surface area contributed by atoms with Crippen molar-refractivity contribution >= 4 is 17.9 Å². The van der Waals surface area contributed by atoms with Crippen LogP contribution >= 0.6 is 11.6 Å². The maximum atomic E-state index is 11.1. The first kappa shape index (κ1) is 12.8. The Morgan fingerprint density at radius 3 is 2.53 bits per heavy atom. The molecule has 1 aromatic carbocycles. The molecule has 0 spiro atoms. The highest BCUT2D eigenvalue weighted by molar-refractivity contribution is 6.32. The molecule has 19 heavy (non-hydrogen) atoms. The van der Waals surface area contributed by atoms with Gasteiger partial charge in [-0.2, -0.15) is 0 Å². The Hall–Kier alpha value is -1.26. The smallest absolute Gasteiger partial charge is 0.172 e. The minimum absolute atomic E-state index is 0.122. The quantitative estimate of drug-likeness (QED) is 0.864. The summed E-state index contributed by atoms with van der Waals surface area (Å²) in [5.41, 5.74) is 7.19. The SMILES string of the molecule is NCC1(c2c(Cl)cc(C=O)c3c2OCCO3)CCC1. The van der Waals surface area contributed by atoms with E-state index < -0.39 is 0 Å². The second-order valence-corrected chi connectivity index (χ2v) is 5.54. The monoisotopic (exact) mass is 281 g/mol. The Bertz CT molecular complexity index is 520. The van der Waals surface area contributed by atoms with Gasteiger partial charge in [-0.05, 0) is 18.9 Å². The zero-order chi connectivity index (χ0) is 13.5. The first-order chi connectivity index (χ1) is 9.22. The van der Waals surface area contributed by atoms with E-state index in [0.29, 0.717) is 41.8 Å². The Morgan fingerprint density at radius 2 is 2.00 bits per heavy atom. The lowest BCUT2D eigenvalue weighted by Crippen LogP contribution is -2.42. The zero-order valence-electron chi connectivity index (χ0n) is 10.6. The molecule has 2 N–H and O–H groups in total. The van der Waals surface area contributed by atoms with Crippen molar-refractivity contribution in [1.82, 2.24) is 0 Å². The molecule has 4 nitrogen and oxygen atoms in total. The lowest BCUT2D eigenvalue weighted by atomic mass is 9.64. The Kier molecular flexibility index (Phi) is 3.15. The fourth-order valence-electron chi connectivity index (χ4n) is 2.94. The lowest BCUT2D eigenvalue weighted by molar-refractivity contribution is 0.110. The predicted octanol–water partition coefficient (Wildman–Crippen LogP) is 2.30. The number of carbonyl (C=O) groups is 1. The highest BCUT2D eigenvalue weighted by Gasteiger charge is 2.43. The van der Waals surface area contributed by atoms with Crippen LogP contribution in [0, 0.1) is 0 Å². The van der Waals surface area contributed by atoms with Crippen LogP contribution in [0.2, 0.25) is 5.02 Å². The van der Waals surface area contributed by atoms with Gasteiger partial charge >= 0.3 is 0 Å². The number of aldehydes is 1. The molecule has 0 saturated heterocycles. The summed E-state index contributed by atoms with van der Waals surface area (Å²) in [6.45, 7) is 1.45. The second-order valence-electron chi connectivity index (χ2n) is 5.13. The molecule has 1 fully saturated rings. The Morgan fingerprint density at radius 1 is 1.32 bits per heavy atom. The van der Waals surface area contributed by atoms with E-state index in [-0.39, 0.29) is 5.41 Å². The van der Waals surface area contributed by atoms with Crippen molar-refractivity contribution in [2.24, 2.45) is 5.73 Å². The number of hydrogen-bond donors (Lipinski definition) is 1. The topological polar surface area (TPSA) is 61.6 Å². The third kappa shape index (κ3) is 1.82. The van der Waals surface area contributed by atoms with Crippen LogP contribution in [-0.2, 0) is 5.41 Å². The van der Waals surface area contributed by atoms with Crippen LogP contribution in [0.3, 0.4) is 0 Å². The normalized spacial score (nSPS) is 19.7. The van der Waals surface area contributed by atoms with E-state index in [4.69, 9.17) is 26.8 Å². The molecule has 5 heteroatoms. The highest BCUT2D eigenvalue weighted by Crippen LogP contribution is 2.53. The van der Waals surface area contributed by atoms with Crippen LogP contribution in [0.5, 0.6) is 11.5 Å². The standard InChI is InChI=1S/C14H16ClNO3/c15-10-6-9(7-17)12-13(19-5-4-18-12)11(10)14(8-16)2-1-3-14/h6-7H,1-5,8,16H2. The molecule has 0 aromatic heterocycles. The van der Waals surface area contributed by atoms with Crippen molar-refractivity contribution in [3.8, 4) is 11.5 Å². The van der Waals surface area contributed by atoms with Crippen LogP contribution in [-0.4, -0.2) is 26.0 Å². The van der Waals surface area contributed by atoms with Crippen LogP contribution in [0.15, 0.2) is 6.07 Å². The summed E-state index contributed by atoms with van der Waals surface area (Å²) < 4.78 is 11.3. The predicted molar refractivity (Wildman–Crippen MR) is 72.4 cm³/mol. The van der Waals surface area contributed by atoms with Crippen LogP contribution in [0.25, 0.3) is 0 Å². The van der Waals surface area contributed by atoms with Gasteiger partial charge in [0, 0.05) is 22.5 Å². The molecular weight excluding hydrogens is 266 g/mol. The van der Waals surface area contributed by atoms with Gasteiger partial charge in [-0.25, -0.2) is 0 Å². The van der Waals surface area contributed by atoms with Gasteiger partial charge in [-0.15, -0.1) is 0 Å².